The van der Waals surface area contributed by atoms with Gasteiger partial charge in [0.2, 0.25) is 5.91 Å². The summed E-state index contributed by atoms with van der Waals surface area (Å²) in [6, 6.07) is 8.91. The first kappa shape index (κ1) is 27.4. The van der Waals surface area contributed by atoms with E-state index in [0.29, 0.717) is 0 Å². The lowest BCUT2D eigenvalue weighted by Gasteiger charge is -2.37. The minimum absolute atomic E-state index is 0.0208. The zero-order valence-electron chi connectivity index (χ0n) is 20.3. The summed E-state index contributed by atoms with van der Waals surface area (Å²) in [5.41, 5.74) is 0.250. The van der Waals surface area contributed by atoms with Crippen molar-refractivity contribution in [1.29, 1.82) is 0 Å². The molecule has 0 aliphatic carbocycles. The van der Waals surface area contributed by atoms with Gasteiger partial charge in [0.05, 0.1) is 18.6 Å². The van der Waals surface area contributed by atoms with Gasteiger partial charge in [0.25, 0.3) is 0 Å². The third-order valence-electron chi connectivity index (χ3n) is 5.14. The standard InChI is InChI=1S/C24H38N2O6/c1-8-17(2)22(19(30-7)14-21(28)32-24(3,4)5)26(6)20(27)15-25-23(29)31-16-18-12-10-9-11-13-18/h9-13,17,19,22H,8,14-16H2,1-7H3,(H,25,29)/t17-,19+,22-/m0/s1. The minimum atomic E-state index is -0.673. The molecule has 0 spiro atoms. The largest absolute Gasteiger partial charge is 0.460 e. The molecule has 0 saturated carbocycles. The van der Waals surface area contributed by atoms with Crippen LogP contribution in [0.1, 0.15) is 53.0 Å². The SMILES string of the molecule is CC[C@H](C)[C@@H]([C@@H](CC(=O)OC(C)(C)C)OC)N(C)C(=O)CNC(=O)OCc1ccccc1. The molecule has 2 amide bonds. The van der Waals surface area contributed by atoms with E-state index in [1.807, 2.05) is 44.2 Å². The van der Waals surface area contributed by atoms with E-state index in [2.05, 4.69) is 5.32 Å². The zero-order chi connectivity index (χ0) is 24.3. The Hall–Kier alpha value is -2.61. The van der Waals surface area contributed by atoms with Gasteiger partial charge in [-0.1, -0.05) is 50.6 Å². The van der Waals surface area contributed by atoms with Crippen molar-refractivity contribution in [3.8, 4) is 0 Å². The molecule has 1 aromatic carbocycles. The molecular formula is C24H38N2O6. The van der Waals surface area contributed by atoms with E-state index in [9.17, 15) is 14.4 Å². The predicted molar refractivity (Wildman–Crippen MR) is 122 cm³/mol. The summed E-state index contributed by atoms with van der Waals surface area (Å²) in [4.78, 5) is 38.7. The van der Waals surface area contributed by atoms with Gasteiger partial charge in [0, 0.05) is 14.2 Å². The van der Waals surface area contributed by atoms with E-state index < -0.39 is 17.8 Å². The Morgan fingerprint density at radius 1 is 1.12 bits per heavy atom. The van der Waals surface area contributed by atoms with Gasteiger partial charge in [-0.05, 0) is 32.3 Å². The fourth-order valence-electron chi connectivity index (χ4n) is 3.34. The van der Waals surface area contributed by atoms with E-state index in [4.69, 9.17) is 14.2 Å². The normalized spacial score (nSPS) is 14.1. The maximum atomic E-state index is 12.8. The first-order valence-corrected chi connectivity index (χ1v) is 10.9. The molecule has 1 N–H and O–H groups in total. The second-order valence-corrected chi connectivity index (χ2v) is 8.86. The monoisotopic (exact) mass is 450 g/mol. The number of benzene rings is 1. The highest BCUT2D eigenvalue weighted by atomic mass is 16.6. The average molecular weight is 451 g/mol. The van der Waals surface area contributed by atoms with Crippen LogP contribution in [0.5, 0.6) is 0 Å². The summed E-state index contributed by atoms with van der Waals surface area (Å²) in [6.45, 7) is 9.31. The Labute approximate surface area is 191 Å². The summed E-state index contributed by atoms with van der Waals surface area (Å²) in [5, 5.41) is 2.49. The van der Waals surface area contributed by atoms with Crippen LogP contribution in [0.2, 0.25) is 0 Å². The van der Waals surface area contributed by atoms with E-state index in [1.165, 1.54) is 12.0 Å². The summed E-state index contributed by atoms with van der Waals surface area (Å²) in [5.74, 6) is -0.638. The summed E-state index contributed by atoms with van der Waals surface area (Å²) in [7, 11) is 3.17. The number of nitrogens with one attached hydrogen (secondary N) is 1. The zero-order valence-corrected chi connectivity index (χ0v) is 20.3. The number of ether oxygens (including phenoxy) is 3. The van der Waals surface area contributed by atoms with Crippen molar-refractivity contribution in [2.45, 2.75) is 71.8 Å². The van der Waals surface area contributed by atoms with E-state index >= 15 is 0 Å². The van der Waals surface area contributed by atoms with Crippen LogP contribution in [0, 0.1) is 5.92 Å². The van der Waals surface area contributed by atoms with Crippen molar-refractivity contribution in [2.24, 2.45) is 5.92 Å². The Balaban J connectivity index is 2.71. The molecule has 0 aliphatic heterocycles. The van der Waals surface area contributed by atoms with Crippen molar-refractivity contribution in [3.63, 3.8) is 0 Å². The molecule has 1 rings (SSSR count). The number of amides is 2. The Morgan fingerprint density at radius 3 is 2.28 bits per heavy atom. The van der Waals surface area contributed by atoms with Crippen molar-refractivity contribution in [2.75, 3.05) is 20.7 Å². The van der Waals surface area contributed by atoms with Crippen LogP contribution in [0.15, 0.2) is 30.3 Å². The molecular weight excluding hydrogens is 412 g/mol. The van der Waals surface area contributed by atoms with Crippen molar-refractivity contribution >= 4 is 18.0 Å². The van der Waals surface area contributed by atoms with Gasteiger partial charge in [0.15, 0.2) is 0 Å². The van der Waals surface area contributed by atoms with Gasteiger partial charge in [-0.3, -0.25) is 9.59 Å². The average Bonchev–Trinajstić information content (AvgIpc) is 2.74. The van der Waals surface area contributed by atoms with Crippen LogP contribution in [-0.4, -0.2) is 61.3 Å². The highest BCUT2D eigenvalue weighted by Gasteiger charge is 2.35. The van der Waals surface area contributed by atoms with Crippen LogP contribution < -0.4 is 5.32 Å². The molecule has 32 heavy (non-hydrogen) atoms. The fraction of sp³-hybridized carbons (Fsp3) is 0.625. The van der Waals surface area contributed by atoms with Crippen molar-refractivity contribution in [3.05, 3.63) is 35.9 Å². The van der Waals surface area contributed by atoms with Crippen molar-refractivity contribution < 1.29 is 28.6 Å². The van der Waals surface area contributed by atoms with Gasteiger partial charge in [-0.15, -0.1) is 0 Å². The molecule has 8 nitrogen and oxygen atoms in total. The number of hydrogen-bond donors (Lipinski definition) is 1. The van der Waals surface area contributed by atoms with E-state index in [0.717, 1.165) is 12.0 Å². The Kier molecular flexibility index (Phi) is 11.2. The number of likely N-dealkylation sites (N-methyl/N-ethyl adjacent to an activating group) is 1. The maximum absolute atomic E-state index is 12.8. The third-order valence-corrected chi connectivity index (χ3v) is 5.14. The lowest BCUT2D eigenvalue weighted by atomic mass is 9.91. The predicted octanol–water partition coefficient (Wildman–Crippen LogP) is 3.53. The molecule has 0 aliphatic rings. The van der Waals surface area contributed by atoms with Crippen LogP contribution in [0.25, 0.3) is 0 Å². The van der Waals surface area contributed by atoms with Gasteiger partial charge in [-0.25, -0.2) is 4.79 Å². The second-order valence-electron chi connectivity index (χ2n) is 8.86. The van der Waals surface area contributed by atoms with Crippen LogP contribution in [0.4, 0.5) is 4.79 Å². The molecule has 3 atom stereocenters. The van der Waals surface area contributed by atoms with Gasteiger partial charge in [-0.2, -0.15) is 0 Å². The number of carbonyl (C=O) groups is 3. The topological polar surface area (TPSA) is 94.2 Å². The number of methoxy groups -OCH3 is 1. The number of hydrogen-bond acceptors (Lipinski definition) is 6. The first-order chi connectivity index (χ1) is 15.0. The van der Waals surface area contributed by atoms with Crippen LogP contribution in [-0.2, 0) is 30.4 Å². The summed E-state index contributed by atoms with van der Waals surface area (Å²) >= 11 is 0. The fourth-order valence-corrected chi connectivity index (χ4v) is 3.34. The van der Waals surface area contributed by atoms with Gasteiger partial charge >= 0.3 is 12.1 Å². The highest BCUT2D eigenvalue weighted by Crippen LogP contribution is 2.23. The van der Waals surface area contributed by atoms with Gasteiger partial charge < -0.3 is 24.4 Å². The molecule has 0 fully saturated rings. The molecule has 0 heterocycles. The molecule has 0 unspecified atom stereocenters. The number of nitrogens with zero attached hydrogens (tertiary/aromatic N) is 1. The summed E-state index contributed by atoms with van der Waals surface area (Å²) < 4.78 is 16.2. The lowest BCUT2D eigenvalue weighted by molar-refractivity contribution is -0.160. The van der Waals surface area contributed by atoms with Crippen molar-refractivity contribution in [1.82, 2.24) is 10.2 Å². The van der Waals surface area contributed by atoms with E-state index in [-0.39, 0.29) is 43.4 Å². The lowest BCUT2D eigenvalue weighted by Crippen LogP contribution is -2.52. The molecule has 0 bridgehead atoms. The smallest absolute Gasteiger partial charge is 0.407 e. The molecule has 180 valence electrons. The minimum Gasteiger partial charge on any atom is -0.460 e. The Bertz CT molecular complexity index is 732. The molecule has 0 radical (unpaired) electrons. The maximum Gasteiger partial charge on any atom is 0.407 e. The van der Waals surface area contributed by atoms with Gasteiger partial charge in [0.1, 0.15) is 18.8 Å². The Morgan fingerprint density at radius 2 is 1.75 bits per heavy atom. The van der Waals surface area contributed by atoms with Crippen LogP contribution >= 0.6 is 0 Å². The molecule has 0 saturated heterocycles. The number of alkyl carbamates (subject to hydrolysis) is 1. The molecule has 8 heteroatoms. The first-order valence-electron chi connectivity index (χ1n) is 10.9. The highest BCUT2D eigenvalue weighted by molar-refractivity contribution is 5.82. The molecule has 0 aromatic heterocycles. The number of esters is 1. The number of carbonyl (C=O) groups excluding carboxylic acids is 3. The third kappa shape index (κ3) is 9.68. The summed E-state index contributed by atoms with van der Waals surface area (Å²) in [6.07, 6.45) is -0.415. The number of rotatable bonds is 11. The quantitative estimate of drug-likeness (QED) is 0.518. The second kappa shape index (κ2) is 13.1. The molecule has 1 aromatic rings. The van der Waals surface area contributed by atoms with E-state index in [1.54, 1.807) is 27.8 Å². The van der Waals surface area contributed by atoms with Crippen LogP contribution in [0.3, 0.4) is 0 Å².